The van der Waals surface area contributed by atoms with Crippen molar-refractivity contribution in [2.75, 3.05) is 11.4 Å². The van der Waals surface area contributed by atoms with E-state index in [0.29, 0.717) is 0 Å². The van der Waals surface area contributed by atoms with Gasteiger partial charge in [0.05, 0.1) is 10.6 Å². The van der Waals surface area contributed by atoms with Gasteiger partial charge < -0.3 is 10.2 Å². The first-order chi connectivity index (χ1) is 12.2. The number of benzene rings is 1. The summed E-state index contributed by atoms with van der Waals surface area (Å²) in [6.07, 6.45) is -1.54. The molecule has 0 aliphatic carbocycles. The van der Waals surface area contributed by atoms with Gasteiger partial charge in [0.25, 0.3) is 0 Å². The van der Waals surface area contributed by atoms with E-state index in [1.54, 1.807) is 24.5 Å². The lowest BCUT2D eigenvalue weighted by atomic mass is 10.1. The highest BCUT2D eigenvalue weighted by molar-refractivity contribution is 6.31. The number of carbonyl (C=O) groups excluding carboxylic acids is 2. The summed E-state index contributed by atoms with van der Waals surface area (Å²) in [5.41, 5.74) is -0.332. The molecule has 0 unspecified atom stereocenters. The second kappa shape index (κ2) is 8.18. The minimum Gasteiger partial charge on any atom is -0.350 e. The zero-order valence-corrected chi connectivity index (χ0v) is 14.4. The molecule has 0 saturated heterocycles. The molecule has 26 heavy (non-hydrogen) atoms. The summed E-state index contributed by atoms with van der Waals surface area (Å²) < 4.78 is 39.0. The Morgan fingerprint density at radius 1 is 1.19 bits per heavy atom. The molecule has 0 radical (unpaired) electrons. The Morgan fingerprint density at radius 2 is 1.85 bits per heavy atom. The van der Waals surface area contributed by atoms with E-state index in [1.165, 1.54) is 6.07 Å². The average Bonchev–Trinajstić information content (AvgIpc) is 2.58. The molecule has 0 fully saturated rings. The maximum absolute atomic E-state index is 13.0. The largest absolute Gasteiger partial charge is 0.417 e. The molecule has 0 spiro atoms. The number of halogens is 4. The molecule has 9 heteroatoms. The number of hydrogen-bond acceptors (Lipinski definition) is 3. The van der Waals surface area contributed by atoms with Gasteiger partial charge in [-0.2, -0.15) is 13.2 Å². The van der Waals surface area contributed by atoms with Gasteiger partial charge in [0.15, 0.2) is 0 Å². The van der Waals surface area contributed by atoms with Crippen LogP contribution in [0.4, 0.5) is 18.9 Å². The van der Waals surface area contributed by atoms with Crippen LogP contribution in [0.2, 0.25) is 5.02 Å². The molecule has 0 aliphatic rings. The molecule has 0 saturated carbocycles. The molecule has 1 aromatic heterocycles. The van der Waals surface area contributed by atoms with Gasteiger partial charge in [-0.1, -0.05) is 11.6 Å². The minimum absolute atomic E-state index is 0.0618. The van der Waals surface area contributed by atoms with Gasteiger partial charge >= 0.3 is 6.18 Å². The standard InChI is InChI=1S/C17H15ClF3N3O2/c1-11(25)24(10-16(26)23-9-12-4-6-22-7-5-12)13-2-3-15(18)14(8-13)17(19,20)21/h2-8H,9-10H2,1H3,(H,23,26). The third kappa shape index (κ3) is 5.19. The van der Waals surface area contributed by atoms with Crippen LogP contribution >= 0.6 is 11.6 Å². The zero-order valence-electron chi connectivity index (χ0n) is 13.7. The molecule has 1 N–H and O–H groups in total. The van der Waals surface area contributed by atoms with Gasteiger partial charge in [0.1, 0.15) is 6.54 Å². The van der Waals surface area contributed by atoms with Gasteiger partial charge in [-0.25, -0.2) is 0 Å². The highest BCUT2D eigenvalue weighted by atomic mass is 35.5. The number of anilines is 1. The van der Waals surface area contributed by atoms with Gasteiger partial charge in [-0.3, -0.25) is 14.6 Å². The first-order valence-corrected chi connectivity index (χ1v) is 7.86. The Labute approximate surface area is 152 Å². The van der Waals surface area contributed by atoms with E-state index in [2.05, 4.69) is 10.3 Å². The molecule has 2 amide bonds. The van der Waals surface area contributed by atoms with E-state index in [-0.39, 0.29) is 12.2 Å². The van der Waals surface area contributed by atoms with Crippen LogP contribution in [-0.2, 0) is 22.3 Å². The number of nitrogens with one attached hydrogen (secondary N) is 1. The van der Waals surface area contributed by atoms with Crippen LogP contribution < -0.4 is 10.2 Å². The predicted octanol–water partition coefficient (Wildman–Crippen LogP) is 3.42. The zero-order chi connectivity index (χ0) is 19.3. The summed E-state index contributed by atoms with van der Waals surface area (Å²) in [6.45, 7) is 0.957. The molecule has 2 aromatic rings. The van der Waals surface area contributed by atoms with Crippen molar-refractivity contribution in [1.82, 2.24) is 10.3 Å². The summed E-state index contributed by atoms with van der Waals surface area (Å²) in [5.74, 6) is -1.08. The molecule has 0 aliphatic heterocycles. The van der Waals surface area contributed by atoms with E-state index in [9.17, 15) is 22.8 Å². The molecular formula is C17H15ClF3N3O2. The second-order valence-corrected chi connectivity index (χ2v) is 5.81. The number of nitrogens with zero attached hydrogens (tertiary/aromatic N) is 2. The smallest absolute Gasteiger partial charge is 0.350 e. The van der Waals surface area contributed by atoms with Crippen LogP contribution in [-0.4, -0.2) is 23.3 Å². The fourth-order valence-corrected chi connectivity index (χ4v) is 2.41. The summed E-state index contributed by atoms with van der Waals surface area (Å²) in [4.78, 5) is 28.7. The molecule has 0 atom stereocenters. The highest BCUT2D eigenvalue weighted by Gasteiger charge is 2.34. The Morgan fingerprint density at radius 3 is 2.42 bits per heavy atom. The van der Waals surface area contributed by atoms with E-state index in [4.69, 9.17) is 11.6 Å². The lowest BCUT2D eigenvalue weighted by Crippen LogP contribution is -2.39. The molecule has 138 valence electrons. The van der Waals surface area contributed by atoms with Gasteiger partial charge in [0, 0.05) is 31.5 Å². The molecular weight excluding hydrogens is 371 g/mol. The number of amides is 2. The quantitative estimate of drug-likeness (QED) is 0.857. The van der Waals surface area contributed by atoms with Gasteiger partial charge in [0.2, 0.25) is 11.8 Å². The average molecular weight is 386 g/mol. The molecule has 5 nitrogen and oxygen atoms in total. The maximum Gasteiger partial charge on any atom is 0.417 e. The number of pyridine rings is 1. The topological polar surface area (TPSA) is 62.3 Å². The maximum atomic E-state index is 13.0. The molecule has 2 rings (SSSR count). The van der Waals surface area contributed by atoms with Crippen LogP contribution in [0.1, 0.15) is 18.1 Å². The fourth-order valence-electron chi connectivity index (χ4n) is 2.18. The Bertz CT molecular complexity index is 798. The molecule has 1 heterocycles. The number of hydrogen-bond donors (Lipinski definition) is 1. The van der Waals surface area contributed by atoms with Gasteiger partial charge in [-0.15, -0.1) is 0 Å². The van der Waals surface area contributed by atoms with E-state index in [1.807, 2.05) is 0 Å². The van der Waals surface area contributed by atoms with Crippen LogP contribution in [0.5, 0.6) is 0 Å². The first-order valence-electron chi connectivity index (χ1n) is 7.49. The Kier molecular flexibility index (Phi) is 6.20. The van der Waals surface area contributed by atoms with Gasteiger partial charge in [-0.05, 0) is 35.9 Å². The van der Waals surface area contributed by atoms with Crippen LogP contribution in [0, 0.1) is 0 Å². The third-order valence-corrected chi connectivity index (χ3v) is 3.82. The summed E-state index contributed by atoms with van der Waals surface area (Å²) in [7, 11) is 0. The van der Waals surface area contributed by atoms with Crippen LogP contribution in [0.25, 0.3) is 0 Å². The number of carbonyl (C=O) groups is 2. The van der Waals surface area contributed by atoms with Crippen molar-refractivity contribution in [3.05, 3.63) is 58.9 Å². The molecule has 0 bridgehead atoms. The number of rotatable bonds is 5. The van der Waals surface area contributed by atoms with Crippen molar-refractivity contribution < 1.29 is 22.8 Å². The lowest BCUT2D eigenvalue weighted by Gasteiger charge is -2.22. The van der Waals surface area contributed by atoms with Crippen molar-refractivity contribution in [3.8, 4) is 0 Å². The van der Waals surface area contributed by atoms with Crippen molar-refractivity contribution in [3.63, 3.8) is 0 Å². The third-order valence-electron chi connectivity index (χ3n) is 3.49. The first kappa shape index (κ1) is 19.7. The SMILES string of the molecule is CC(=O)N(CC(=O)NCc1ccncc1)c1ccc(Cl)c(C(F)(F)F)c1. The predicted molar refractivity (Wildman–Crippen MR) is 90.6 cm³/mol. The monoisotopic (exact) mass is 385 g/mol. The second-order valence-electron chi connectivity index (χ2n) is 5.40. The van der Waals surface area contributed by atoms with Crippen molar-refractivity contribution in [2.24, 2.45) is 0 Å². The fraction of sp³-hybridized carbons (Fsp3) is 0.235. The highest BCUT2D eigenvalue weighted by Crippen LogP contribution is 2.36. The number of alkyl halides is 3. The summed E-state index contributed by atoms with van der Waals surface area (Å²) >= 11 is 5.58. The van der Waals surface area contributed by atoms with E-state index in [0.717, 1.165) is 29.5 Å². The van der Waals surface area contributed by atoms with Crippen LogP contribution in [0.3, 0.4) is 0 Å². The Hall–Kier alpha value is -2.61. The summed E-state index contributed by atoms with van der Waals surface area (Å²) in [6, 6.07) is 6.47. The lowest BCUT2D eigenvalue weighted by molar-refractivity contribution is -0.137. The van der Waals surface area contributed by atoms with Crippen molar-refractivity contribution in [1.29, 1.82) is 0 Å². The normalized spacial score (nSPS) is 11.1. The minimum atomic E-state index is -4.67. The van der Waals surface area contributed by atoms with Crippen molar-refractivity contribution in [2.45, 2.75) is 19.6 Å². The summed E-state index contributed by atoms with van der Waals surface area (Å²) in [5, 5.41) is 2.12. The van der Waals surface area contributed by atoms with Crippen LogP contribution in [0.15, 0.2) is 42.7 Å². The van der Waals surface area contributed by atoms with E-state index >= 15 is 0 Å². The van der Waals surface area contributed by atoms with Crippen molar-refractivity contribution >= 4 is 29.1 Å². The number of aromatic nitrogens is 1. The molecule has 1 aromatic carbocycles. The van der Waals surface area contributed by atoms with E-state index < -0.39 is 35.1 Å². The Balaban J connectivity index is 2.14.